The lowest BCUT2D eigenvalue weighted by Gasteiger charge is -2.40. The van der Waals surface area contributed by atoms with Crippen LogP contribution in [0.2, 0.25) is 0 Å². The highest BCUT2D eigenvalue weighted by molar-refractivity contribution is 5.52. The van der Waals surface area contributed by atoms with Crippen molar-refractivity contribution in [1.29, 1.82) is 0 Å². The van der Waals surface area contributed by atoms with Crippen molar-refractivity contribution in [3.05, 3.63) is 191 Å². The SMILES string of the molecule is COc1ccc(C(OOC(c2ccccc2)(c2ccc(OC)cc2)c2ccc(OC)cc2)(c2ccccc2)c2ccc(OC)cc2)cc1. The van der Waals surface area contributed by atoms with E-state index in [1.165, 1.54) is 0 Å². The lowest BCUT2D eigenvalue weighted by atomic mass is 9.79. The average Bonchev–Trinajstić information content (AvgIpc) is 3.18. The van der Waals surface area contributed by atoms with Crippen molar-refractivity contribution in [2.75, 3.05) is 28.4 Å². The van der Waals surface area contributed by atoms with E-state index in [0.29, 0.717) is 0 Å². The first-order chi connectivity index (χ1) is 23.6. The highest BCUT2D eigenvalue weighted by Gasteiger charge is 2.46. The maximum atomic E-state index is 7.13. The molecular weight excluding hydrogens is 600 g/mol. The van der Waals surface area contributed by atoms with E-state index in [2.05, 4.69) is 0 Å². The third-order valence-corrected chi connectivity index (χ3v) is 8.64. The van der Waals surface area contributed by atoms with Crippen LogP contribution in [0.1, 0.15) is 33.4 Å². The standard InChI is InChI=1S/C42H38O6/c1-43-37-23-15-33(16-24-37)41(31-11-7-5-8-12-31,34-17-25-38(44-2)26-18-34)47-48-42(32-13-9-6-10-14-32,35-19-27-39(45-3)28-20-35)36-21-29-40(46-4)30-22-36/h5-30H,1-4H3. The summed E-state index contributed by atoms with van der Waals surface area (Å²) in [4.78, 5) is 14.3. The third-order valence-electron chi connectivity index (χ3n) is 8.64. The zero-order valence-corrected chi connectivity index (χ0v) is 27.5. The average molecular weight is 639 g/mol. The minimum absolute atomic E-state index is 0.728. The fourth-order valence-corrected chi connectivity index (χ4v) is 6.06. The molecule has 0 fully saturated rings. The molecule has 0 saturated heterocycles. The highest BCUT2D eigenvalue weighted by atomic mass is 17.2. The Bertz CT molecular complexity index is 1630. The summed E-state index contributed by atoms with van der Waals surface area (Å²) in [6.45, 7) is 0. The van der Waals surface area contributed by atoms with E-state index < -0.39 is 11.2 Å². The van der Waals surface area contributed by atoms with Crippen molar-refractivity contribution in [3.8, 4) is 23.0 Å². The molecule has 242 valence electrons. The van der Waals surface area contributed by atoms with Gasteiger partial charge in [-0.1, -0.05) is 109 Å². The Morgan fingerprint density at radius 1 is 0.271 bits per heavy atom. The third kappa shape index (κ3) is 6.11. The number of ether oxygens (including phenoxy) is 4. The molecule has 0 atom stereocenters. The molecule has 0 saturated carbocycles. The van der Waals surface area contributed by atoms with Gasteiger partial charge < -0.3 is 18.9 Å². The van der Waals surface area contributed by atoms with E-state index in [0.717, 1.165) is 56.4 Å². The topological polar surface area (TPSA) is 55.4 Å². The van der Waals surface area contributed by atoms with Crippen LogP contribution in [0.25, 0.3) is 0 Å². The minimum atomic E-state index is -1.24. The van der Waals surface area contributed by atoms with Gasteiger partial charge in [0.15, 0.2) is 11.2 Å². The van der Waals surface area contributed by atoms with E-state index in [1.807, 2.05) is 158 Å². The Morgan fingerprint density at radius 2 is 0.479 bits per heavy atom. The summed E-state index contributed by atoms with van der Waals surface area (Å²) >= 11 is 0. The monoisotopic (exact) mass is 638 g/mol. The zero-order valence-electron chi connectivity index (χ0n) is 27.5. The summed E-state index contributed by atoms with van der Waals surface area (Å²) in [5.41, 5.74) is 2.62. The Morgan fingerprint density at radius 3 is 0.688 bits per heavy atom. The first-order valence-electron chi connectivity index (χ1n) is 15.6. The van der Waals surface area contributed by atoms with Gasteiger partial charge >= 0.3 is 0 Å². The molecule has 6 heteroatoms. The molecule has 0 amide bonds. The van der Waals surface area contributed by atoms with Crippen LogP contribution in [0.5, 0.6) is 23.0 Å². The van der Waals surface area contributed by atoms with Crippen LogP contribution in [-0.4, -0.2) is 28.4 Å². The van der Waals surface area contributed by atoms with E-state index in [4.69, 9.17) is 28.7 Å². The van der Waals surface area contributed by atoms with E-state index >= 15 is 0 Å². The number of rotatable bonds is 13. The zero-order chi connectivity index (χ0) is 33.4. The van der Waals surface area contributed by atoms with Crippen LogP contribution in [-0.2, 0) is 21.0 Å². The van der Waals surface area contributed by atoms with Gasteiger partial charge in [-0.15, -0.1) is 0 Å². The molecule has 0 aliphatic rings. The van der Waals surface area contributed by atoms with E-state index in [-0.39, 0.29) is 0 Å². The molecule has 6 aromatic carbocycles. The molecular formula is C42H38O6. The van der Waals surface area contributed by atoms with Crippen LogP contribution < -0.4 is 18.9 Å². The lowest BCUT2D eigenvalue weighted by Crippen LogP contribution is -2.40. The Balaban J connectivity index is 1.63. The molecule has 0 radical (unpaired) electrons. The minimum Gasteiger partial charge on any atom is -0.497 e. The maximum Gasteiger partial charge on any atom is 0.179 e. The van der Waals surface area contributed by atoms with Crippen LogP contribution in [0.15, 0.2) is 158 Å². The first-order valence-corrected chi connectivity index (χ1v) is 15.6. The highest BCUT2D eigenvalue weighted by Crippen LogP contribution is 2.47. The first kappa shape index (κ1) is 32.4. The van der Waals surface area contributed by atoms with Gasteiger partial charge in [-0.25, -0.2) is 9.78 Å². The number of benzene rings is 6. The second kappa shape index (κ2) is 14.5. The van der Waals surface area contributed by atoms with Crippen LogP contribution in [0, 0.1) is 0 Å². The quantitative estimate of drug-likeness (QED) is 0.0715. The molecule has 0 unspecified atom stereocenters. The summed E-state index contributed by atoms with van der Waals surface area (Å²) in [5, 5.41) is 0. The normalized spacial score (nSPS) is 11.5. The van der Waals surface area contributed by atoms with Gasteiger partial charge in [0.05, 0.1) is 28.4 Å². The van der Waals surface area contributed by atoms with Crippen molar-refractivity contribution >= 4 is 0 Å². The van der Waals surface area contributed by atoms with Gasteiger partial charge in [-0.3, -0.25) is 0 Å². The van der Waals surface area contributed by atoms with Crippen LogP contribution >= 0.6 is 0 Å². The second-order valence-electron chi connectivity index (χ2n) is 11.2. The molecule has 48 heavy (non-hydrogen) atoms. The summed E-state index contributed by atoms with van der Waals surface area (Å²) in [6.07, 6.45) is 0. The van der Waals surface area contributed by atoms with Gasteiger partial charge in [0.2, 0.25) is 0 Å². The lowest BCUT2D eigenvalue weighted by molar-refractivity contribution is -0.388. The fraction of sp³-hybridized carbons (Fsp3) is 0.143. The maximum absolute atomic E-state index is 7.13. The predicted octanol–water partition coefficient (Wildman–Crippen LogP) is 8.95. The molecule has 0 aromatic heterocycles. The smallest absolute Gasteiger partial charge is 0.179 e. The van der Waals surface area contributed by atoms with Crippen molar-refractivity contribution in [2.45, 2.75) is 11.2 Å². The molecule has 6 aromatic rings. The number of hydrogen-bond acceptors (Lipinski definition) is 6. The van der Waals surface area contributed by atoms with Gasteiger partial charge in [-0.2, -0.15) is 0 Å². The van der Waals surface area contributed by atoms with Gasteiger partial charge in [0.1, 0.15) is 23.0 Å². The largest absolute Gasteiger partial charge is 0.497 e. The van der Waals surface area contributed by atoms with Crippen LogP contribution in [0.4, 0.5) is 0 Å². The summed E-state index contributed by atoms with van der Waals surface area (Å²) in [6, 6.07) is 51.6. The number of methoxy groups -OCH3 is 4. The van der Waals surface area contributed by atoms with Crippen molar-refractivity contribution < 1.29 is 28.7 Å². The molecule has 0 N–H and O–H groups in total. The van der Waals surface area contributed by atoms with Crippen LogP contribution in [0.3, 0.4) is 0 Å². The van der Waals surface area contributed by atoms with Gasteiger partial charge in [-0.05, 0) is 81.9 Å². The van der Waals surface area contributed by atoms with Crippen molar-refractivity contribution in [3.63, 3.8) is 0 Å². The van der Waals surface area contributed by atoms with Crippen molar-refractivity contribution in [1.82, 2.24) is 0 Å². The second-order valence-corrected chi connectivity index (χ2v) is 11.2. The van der Waals surface area contributed by atoms with Gasteiger partial charge in [0.25, 0.3) is 0 Å². The van der Waals surface area contributed by atoms with E-state index in [9.17, 15) is 0 Å². The molecule has 0 spiro atoms. The summed E-state index contributed by atoms with van der Waals surface area (Å²) < 4.78 is 22.2. The summed E-state index contributed by atoms with van der Waals surface area (Å²) in [5.74, 6) is 2.91. The molecule has 0 bridgehead atoms. The predicted molar refractivity (Wildman–Crippen MR) is 187 cm³/mol. The Labute approximate surface area is 282 Å². The van der Waals surface area contributed by atoms with Crippen molar-refractivity contribution in [2.24, 2.45) is 0 Å². The molecule has 0 aliphatic heterocycles. The molecule has 0 heterocycles. The fourth-order valence-electron chi connectivity index (χ4n) is 6.06. The molecule has 6 rings (SSSR count). The number of hydrogen-bond donors (Lipinski definition) is 0. The molecule has 0 aliphatic carbocycles. The molecule has 6 nitrogen and oxygen atoms in total. The van der Waals surface area contributed by atoms with E-state index in [1.54, 1.807) is 28.4 Å². The van der Waals surface area contributed by atoms with Gasteiger partial charge in [0, 0.05) is 0 Å². The summed E-state index contributed by atoms with van der Waals surface area (Å²) in [7, 11) is 6.61. The Kier molecular flexibility index (Phi) is 9.76. The Hall–Kier alpha value is -5.56.